The van der Waals surface area contributed by atoms with Crippen LogP contribution in [0.2, 0.25) is 5.02 Å². The van der Waals surface area contributed by atoms with E-state index < -0.39 is 0 Å². The third kappa shape index (κ3) is 5.14. The van der Waals surface area contributed by atoms with E-state index in [1.165, 1.54) is 25.7 Å². The number of halogens is 1. The predicted octanol–water partition coefficient (Wildman–Crippen LogP) is 3.73. The third-order valence-corrected chi connectivity index (χ3v) is 5.85. The standard InChI is InChI=1S/C18H24ClN5OS/c1-20-18(22-14-4-3-5-15(10-14)26-2)21-11-16-23-17(24-25-16)12-6-8-13(19)9-7-12/h6-9,14-15H,3-5,10-11H2,1-2H3,(H2,20,21,22). The summed E-state index contributed by atoms with van der Waals surface area (Å²) in [6.45, 7) is 0.430. The molecule has 1 aromatic carbocycles. The summed E-state index contributed by atoms with van der Waals surface area (Å²) in [6, 6.07) is 7.82. The van der Waals surface area contributed by atoms with Crippen molar-refractivity contribution in [1.82, 2.24) is 20.8 Å². The minimum absolute atomic E-state index is 0.430. The number of hydrogen-bond acceptors (Lipinski definition) is 5. The number of rotatable bonds is 5. The highest BCUT2D eigenvalue weighted by Crippen LogP contribution is 2.26. The molecule has 0 saturated heterocycles. The Hall–Kier alpha value is -1.73. The van der Waals surface area contributed by atoms with Gasteiger partial charge in [-0.2, -0.15) is 16.7 Å². The van der Waals surface area contributed by atoms with E-state index in [9.17, 15) is 0 Å². The van der Waals surface area contributed by atoms with Gasteiger partial charge in [0.25, 0.3) is 0 Å². The van der Waals surface area contributed by atoms with Crippen LogP contribution in [0.1, 0.15) is 31.6 Å². The summed E-state index contributed by atoms with van der Waals surface area (Å²) in [5.74, 6) is 1.84. The molecule has 8 heteroatoms. The molecule has 0 amide bonds. The lowest BCUT2D eigenvalue weighted by molar-refractivity contribution is 0.373. The van der Waals surface area contributed by atoms with E-state index >= 15 is 0 Å². The number of nitrogens with one attached hydrogen (secondary N) is 2. The van der Waals surface area contributed by atoms with Crippen LogP contribution >= 0.6 is 23.4 Å². The second kappa shape index (κ2) is 9.28. The van der Waals surface area contributed by atoms with Gasteiger partial charge >= 0.3 is 0 Å². The van der Waals surface area contributed by atoms with Crippen molar-refractivity contribution < 1.29 is 4.52 Å². The molecule has 1 aliphatic carbocycles. The summed E-state index contributed by atoms with van der Waals surface area (Å²) in [7, 11) is 1.77. The highest BCUT2D eigenvalue weighted by molar-refractivity contribution is 7.99. The Balaban J connectivity index is 1.53. The lowest BCUT2D eigenvalue weighted by Crippen LogP contribution is -2.45. The van der Waals surface area contributed by atoms with E-state index in [2.05, 4.69) is 32.0 Å². The lowest BCUT2D eigenvalue weighted by atomic mass is 9.95. The molecule has 1 heterocycles. The number of guanidine groups is 1. The molecule has 0 bridgehead atoms. The maximum Gasteiger partial charge on any atom is 0.246 e. The van der Waals surface area contributed by atoms with Gasteiger partial charge in [0, 0.05) is 28.9 Å². The van der Waals surface area contributed by atoms with Gasteiger partial charge in [-0.1, -0.05) is 23.2 Å². The van der Waals surface area contributed by atoms with Crippen molar-refractivity contribution in [2.24, 2.45) is 4.99 Å². The second-order valence-corrected chi connectivity index (χ2v) is 7.88. The fourth-order valence-corrected chi connectivity index (χ4v) is 4.03. The van der Waals surface area contributed by atoms with Gasteiger partial charge in [-0.25, -0.2) is 0 Å². The minimum atomic E-state index is 0.430. The molecular weight excluding hydrogens is 370 g/mol. The van der Waals surface area contributed by atoms with Crippen molar-refractivity contribution in [1.29, 1.82) is 0 Å². The van der Waals surface area contributed by atoms with E-state index in [1.807, 2.05) is 36.0 Å². The quantitative estimate of drug-likeness (QED) is 0.595. The molecule has 0 aliphatic heterocycles. The highest BCUT2D eigenvalue weighted by Gasteiger charge is 2.22. The zero-order valence-corrected chi connectivity index (χ0v) is 16.6. The van der Waals surface area contributed by atoms with Gasteiger partial charge in [0.2, 0.25) is 11.7 Å². The largest absolute Gasteiger partial charge is 0.354 e. The molecule has 3 rings (SSSR count). The van der Waals surface area contributed by atoms with Crippen LogP contribution in [0.5, 0.6) is 0 Å². The van der Waals surface area contributed by atoms with Crippen LogP contribution in [0.15, 0.2) is 33.8 Å². The van der Waals surface area contributed by atoms with Crippen LogP contribution in [-0.2, 0) is 6.54 Å². The highest BCUT2D eigenvalue weighted by atomic mass is 35.5. The number of aliphatic imine (C=N–C) groups is 1. The van der Waals surface area contributed by atoms with E-state index in [0.717, 1.165) is 16.8 Å². The number of hydrogen-bond donors (Lipinski definition) is 2. The molecule has 140 valence electrons. The average molecular weight is 394 g/mol. The van der Waals surface area contributed by atoms with E-state index in [4.69, 9.17) is 16.1 Å². The molecule has 2 unspecified atom stereocenters. The Kier molecular flexibility index (Phi) is 6.80. The molecule has 1 aliphatic rings. The summed E-state index contributed by atoms with van der Waals surface area (Å²) in [4.78, 5) is 8.72. The van der Waals surface area contributed by atoms with Crippen molar-refractivity contribution in [3.63, 3.8) is 0 Å². The maximum atomic E-state index is 5.91. The number of aromatic nitrogens is 2. The van der Waals surface area contributed by atoms with E-state index in [0.29, 0.717) is 29.3 Å². The third-order valence-electron chi connectivity index (χ3n) is 4.50. The normalized spacial score (nSPS) is 20.8. The van der Waals surface area contributed by atoms with Gasteiger partial charge in [-0.3, -0.25) is 4.99 Å². The zero-order valence-electron chi connectivity index (χ0n) is 15.0. The van der Waals surface area contributed by atoms with E-state index in [-0.39, 0.29) is 0 Å². The first kappa shape index (κ1) is 19.0. The molecule has 26 heavy (non-hydrogen) atoms. The van der Waals surface area contributed by atoms with Gasteiger partial charge in [0.05, 0.1) is 6.54 Å². The van der Waals surface area contributed by atoms with Gasteiger partial charge in [0.15, 0.2) is 5.96 Å². The summed E-state index contributed by atoms with van der Waals surface area (Å²) in [5, 5.41) is 12.2. The van der Waals surface area contributed by atoms with Crippen LogP contribution < -0.4 is 10.6 Å². The Morgan fingerprint density at radius 2 is 2.15 bits per heavy atom. The first-order chi connectivity index (χ1) is 12.7. The van der Waals surface area contributed by atoms with Crippen LogP contribution in [0.4, 0.5) is 0 Å². The Morgan fingerprint density at radius 1 is 1.35 bits per heavy atom. The summed E-state index contributed by atoms with van der Waals surface area (Å²) in [5.41, 5.74) is 0.872. The van der Waals surface area contributed by atoms with E-state index in [1.54, 1.807) is 7.05 Å². The van der Waals surface area contributed by atoms with Crippen LogP contribution in [0.3, 0.4) is 0 Å². The fourth-order valence-electron chi connectivity index (χ4n) is 3.08. The van der Waals surface area contributed by atoms with Gasteiger partial charge in [0.1, 0.15) is 0 Å². The molecule has 1 saturated carbocycles. The van der Waals surface area contributed by atoms with Crippen LogP contribution in [0, 0.1) is 0 Å². The molecule has 1 fully saturated rings. The Bertz CT molecular complexity index is 733. The van der Waals surface area contributed by atoms with Gasteiger partial charge in [-0.05, 0) is 49.8 Å². The molecule has 6 nitrogen and oxygen atoms in total. The maximum absolute atomic E-state index is 5.91. The Labute approximate surface area is 163 Å². The summed E-state index contributed by atoms with van der Waals surface area (Å²) in [6.07, 6.45) is 7.10. The lowest BCUT2D eigenvalue weighted by Gasteiger charge is -2.29. The SMILES string of the molecule is CN=C(NCc1nc(-c2ccc(Cl)cc2)no1)NC1CCCC(SC)C1. The summed E-state index contributed by atoms with van der Waals surface area (Å²) < 4.78 is 5.33. The van der Waals surface area contributed by atoms with Crippen molar-refractivity contribution >= 4 is 29.3 Å². The van der Waals surface area contributed by atoms with Gasteiger partial charge in [-0.15, -0.1) is 0 Å². The topological polar surface area (TPSA) is 75.3 Å². The molecule has 2 atom stereocenters. The number of nitrogens with zero attached hydrogens (tertiary/aromatic N) is 3. The zero-order chi connectivity index (χ0) is 18.4. The number of benzene rings is 1. The Morgan fingerprint density at radius 3 is 2.88 bits per heavy atom. The second-order valence-electron chi connectivity index (χ2n) is 6.31. The van der Waals surface area contributed by atoms with Crippen LogP contribution in [0.25, 0.3) is 11.4 Å². The molecule has 2 N–H and O–H groups in total. The summed E-state index contributed by atoms with van der Waals surface area (Å²) >= 11 is 7.86. The average Bonchev–Trinajstić information content (AvgIpc) is 3.15. The fraction of sp³-hybridized carbons (Fsp3) is 0.500. The monoisotopic (exact) mass is 393 g/mol. The number of thioether (sulfide) groups is 1. The van der Waals surface area contributed by atoms with Crippen molar-refractivity contribution in [3.8, 4) is 11.4 Å². The minimum Gasteiger partial charge on any atom is -0.354 e. The van der Waals surface area contributed by atoms with Crippen molar-refractivity contribution in [3.05, 3.63) is 35.2 Å². The molecule has 2 aromatic rings. The first-order valence-electron chi connectivity index (χ1n) is 8.76. The molecule has 0 spiro atoms. The molecular formula is C18H24ClN5OS. The molecule has 1 aromatic heterocycles. The smallest absolute Gasteiger partial charge is 0.246 e. The van der Waals surface area contributed by atoms with Crippen molar-refractivity contribution in [2.75, 3.05) is 13.3 Å². The predicted molar refractivity (Wildman–Crippen MR) is 108 cm³/mol. The first-order valence-corrected chi connectivity index (χ1v) is 10.4. The van der Waals surface area contributed by atoms with Gasteiger partial charge < -0.3 is 15.2 Å². The molecule has 0 radical (unpaired) electrons. The van der Waals surface area contributed by atoms with Crippen LogP contribution in [-0.4, -0.2) is 40.7 Å². The van der Waals surface area contributed by atoms with Crippen molar-refractivity contribution in [2.45, 2.75) is 43.5 Å².